The Balaban J connectivity index is 1.82. The van der Waals surface area contributed by atoms with E-state index in [1.165, 1.54) is 64.5 Å². The minimum absolute atomic E-state index is 0.399. The van der Waals surface area contributed by atoms with E-state index in [0.29, 0.717) is 5.41 Å². The fourth-order valence-corrected chi connectivity index (χ4v) is 3.91. The van der Waals surface area contributed by atoms with Gasteiger partial charge in [0, 0.05) is 26.3 Å². The van der Waals surface area contributed by atoms with Gasteiger partial charge >= 0.3 is 0 Å². The van der Waals surface area contributed by atoms with E-state index >= 15 is 0 Å². The molecule has 19 heavy (non-hydrogen) atoms. The summed E-state index contributed by atoms with van der Waals surface area (Å²) in [6.07, 6.45) is 10.7. The molecule has 1 saturated heterocycles. The summed E-state index contributed by atoms with van der Waals surface area (Å²) in [4.78, 5) is 2.55. The van der Waals surface area contributed by atoms with Gasteiger partial charge in [-0.15, -0.1) is 0 Å². The molecule has 2 rings (SSSR count). The predicted molar refractivity (Wildman–Crippen MR) is 80.2 cm³/mol. The van der Waals surface area contributed by atoms with Gasteiger partial charge in [-0.2, -0.15) is 0 Å². The highest BCUT2D eigenvalue weighted by Gasteiger charge is 2.31. The second-order valence-electron chi connectivity index (χ2n) is 6.87. The highest BCUT2D eigenvalue weighted by molar-refractivity contribution is 4.85. The van der Waals surface area contributed by atoms with Gasteiger partial charge in [-0.1, -0.05) is 25.7 Å². The van der Waals surface area contributed by atoms with Crippen LogP contribution in [0.5, 0.6) is 0 Å². The van der Waals surface area contributed by atoms with Gasteiger partial charge in [0.05, 0.1) is 0 Å². The molecule has 3 nitrogen and oxygen atoms in total. The van der Waals surface area contributed by atoms with Crippen molar-refractivity contribution in [2.24, 2.45) is 17.1 Å². The smallest absolute Gasteiger partial charge is 0.0469 e. The average Bonchev–Trinajstić information content (AvgIpc) is 2.66. The van der Waals surface area contributed by atoms with Crippen LogP contribution in [0.4, 0.5) is 0 Å². The molecule has 0 aromatic heterocycles. The minimum atomic E-state index is 0.399. The number of nitrogens with two attached hydrogens (primary N) is 1. The van der Waals surface area contributed by atoms with Gasteiger partial charge in [0.15, 0.2) is 0 Å². The highest BCUT2D eigenvalue weighted by Crippen LogP contribution is 2.35. The topological polar surface area (TPSA) is 38.5 Å². The molecule has 1 aliphatic carbocycles. The summed E-state index contributed by atoms with van der Waals surface area (Å²) in [5.74, 6) is 0.833. The third kappa shape index (κ3) is 4.73. The van der Waals surface area contributed by atoms with Gasteiger partial charge in [-0.25, -0.2) is 0 Å². The predicted octanol–water partition coefficient (Wildman–Crippen LogP) is 2.64. The number of nitrogens with zero attached hydrogens (tertiary/aromatic N) is 1. The largest absolute Gasteiger partial charge is 0.381 e. The summed E-state index contributed by atoms with van der Waals surface area (Å²) < 4.78 is 5.45. The maximum absolute atomic E-state index is 6.14. The van der Waals surface area contributed by atoms with Crippen molar-refractivity contribution in [3.8, 4) is 0 Å². The van der Waals surface area contributed by atoms with Gasteiger partial charge in [0.1, 0.15) is 0 Å². The average molecular weight is 268 g/mol. The van der Waals surface area contributed by atoms with E-state index in [4.69, 9.17) is 10.5 Å². The lowest BCUT2D eigenvalue weighted by molar-refractivity contribution is 0.0483. The molecule has 0 aromatic rings. The molecule has 0 radical (unpaired) electrons. The Morgan fingerprint density at radius 2 is 1.74 bits per heavy atom. The van der Waals surface area contributed by atoms with E-state index < -0.39 is 0 Å². The zero-order valence-corrected chi connectivity index (χ0v) is 12.7. The van der Waals surface area contributed by atoms with Crippen LogP contribution in [0.15, 0.2) is 0 Å². The van der Waals surface area contributed by atoms with Crippen LogP contribution >= 0.6 is 0 Å². The molecular weight excluding hydrogens is 236 g/mol. The Hall–Kier alpha value is -0.120. The Labute approximate surface area is 118 Å². The summed E-state index contributed by atoms with van der Waals surface area (Å²) in [6, 6.07) is 0. The van der Waals surface area contributed by atoms with Crippen LogP contribution in [0, 0.1) is 11.3 Å². The number of rotatable bonds is 5. The Bertz CT molecular complexity index is 243. The van der Waals surface area contributed by atoms with Gasteiger partial charge in [-0.3, -0.25) is 0 Å². The lowest BCUT2D eigenvalue weighted by Gasteiger charge is -2.37. The van der Waals surface area contributed by atoms with Gasteiger partial charge < -0.3 is 15.4 Å². The van der Waals surface area contributed by atoms with E-state index in [0.717, 1.165) is 25.7 Å². The standard InChI is InChI=1S/C16H32N2O/c1-18(12-15-6-10-19-11-7-15)14-16(13-17)8-4-2-3-5-9-16/h15H,2-14,17H2,1H3. The Morgan fingerprint density at radius 1 is 1.11 bits per heavy atom. The molecule has 0 aromatic carbocycles. The van der Waals surface area contributed by atoms with E-state index in [1.807, 2.05) is 0 Å². The Kier molecular flexibility index (Phi) is 6.11. The van der Waals surface area contributed by atoms with Crippen molar-refractivity contribution in [3.63, 3.8) is 0 Å². The molecule has 0 atom stereocenters. The monoisotopic (exact) mass is 268 g/mol. The maximum Gasteiger partial charge on any atom is 0.0469 e. The normalized spacial score (nSPS) is 25.4. The molecule has 1 saturated carbocycles. The number of hydrogen-bond donors (Lipinski definition) is 1. The SMILES string of the molecule is CN(CC1CCOCC1)CC1(CN)CCCCCC1. The van der Waals surface area contributed by atoms with Crippen LogP contribution in [0.2, 0.25) is 0 Å². The van der Waals surface area contributed by atoms with Gasteiger partial charge in [0.2, 0.25) is 0 Å². The summed E-state index contributed by atoms with van der Waals surface area (Å²) in [5, 5.41) is 0. The first-order valence-electron chi connectivity index (χ1n) is 8.20. The van der Waals surface area contributed by atoms with Crippen LogP contribution in [0.1, 0.15) is 51.4 Å². The highest BCUT2D eigenvalue weighted by atomic mass is 16.5. The molecule has 3 heteroatoms. The molecule has 2 N–H and O–H groups in total. The molecule has 2 aliphatic rings. The van der Waals surface area contributed by atoms with Gasteiger partial charge in [-0.05, 0) is 50.6 Å². The van der Waals surface area contributed by atoms with E-state index in [2.05, 4.69) is 11.9 Å². The molecule has 0 bridgehead atoms. The first-order chi connectivity index (χ1) is 9.24. The lowest BCUT2D eigenvalue weighted by Crippen LogP contribution is -2.43. The molecule has 0 spiro atoms. The fourth-order valence-electron chi connectivity index (χ4n) is 3.91. The molecule has 0 amide bonds. The number of hydrogen-bond acceptors (Lipinski definition) is 3. The van der Waals surface area contributed by atoms with Crippen molar-refractivity contribution in [1.82, 2.24) is 4.90 Å². The van der Waals surface area contributed by atoms with E-state index in [9.17, 15) is 0 Å². The first kappa shape index (κ1) is 15.3. The third-order valence-electron chi connectivity index (χ3n) is 5.11. The fraction of sp³-hybridized carbons (Fsp3) is 1.00. The summed E-state index contributed by atoms with van der Waals surface area (Å²) in [6.45, 7) is 5.21. The maximum atomic E-state index is 6.14. The Morgan fingerprint density at radius 3 is 2.32 bits per heavy atom. The van der Waals surface area contributed by atoms with Crippen molar-refractivity contribution < 1.29 is 4.74 Å². The molecule has 2 fully saturated rings. The number of ether oxygens (including phenoxy) is 1. The molecule has 0 unspecified atom stereocenters. The van der Waals surface area contributed by atoms with E-state index in [1.54, 1.807) is 0 Å². The second kappa shape index (κ2) is 7.61. The minimum Gasteiger partial charge on any atom is -0.381 e. The van der Waals surface area contributed by atoms with Crippen molar-refractivity contribution in [3.05, 3.63) is 0 Å². The third-order valence-corrected chi connectivity index (χ3v) is 5.11. The molecule has 1 heterocycles. The van der Waals surface area contributed by atoms with Crippen molar-refractivity contribution in [1.29, 1.82) is 0 Å². The van der Waals surface area contributed by atoms with E-state index in [-0.39, 0.29) is 0 Å². The summed E-state index contributed by atoms with van der Waals surface area (Å²) in [5.41, 5.74) is 6.54. The summed E-state index contributed by atoms with van der Waals surface area (Å²) in [7, 11) is 2.29. The molecular formula is C16H32N2O. The van der Waals surface area contributed by atoms with Crippen molar-refractivity contribution in [2.75, 3.05) is 39.9 Å². The first-order valence-corrected chi connectivity index (χ1v) is 8.20. The van der Waals surface area contributed by atoms with Gasteiger partial charge in [0.25, 0.3) is 0 Å². The second-order valence-corrected chi connectivity index (χ2v) is 6.87. The van der Waals surface area contributed by atoms with Crippen LogP contribution < -0.4 is 5.73 Å². The lowest BCUT2D eigenvalue weighted by atomic mass is 9.79. The molecule has 1 aliphatic heterocycles. The quantitative estimate of drug-likeness (QED) is 0.779. The molecule has 112 valence electrons. The van der Waals surface area contributed by atoms with Crippen molar-refractivity contribution in [2.45, 2.75) is 51.4 Å². The zero-order valence-electron chi connectivity index (χ0n) is 12.7. The van der Waals surface area contributed by atoms with Crippen LogP contribution in [0.25, 0.3) is 0 Å². The van der Waals surface area contributed by atoms with Crippen LogP contribution in [-0.4, -0.2) is 44.8 Å². The van der Waals surface area contributed by atoms with Crippen LogP contribution in [-0.2, 0) is 4.74 Å². The van der Waals surface area contributed by atoms with Crippen molar-refractivity contribution >= 4 is 0 Å². The van der Waals surface area contributed by atoms with Crippen LogP contribution in [0.3, 0.4) is 0 Å². The zero-order chi connectivity index (χ0) is 13.6. The summed E-state index contributed by atoms with van der Waals surface area (Å²) >= 11 is 0.